The molecule has 0 fully saturated rings. The number of rotatable bonds is 6. The van der Waals surface area contributed by atoms with E-state index in [2.05, 4.69) is 10.2 Å². The average molecular weight is 489 g/mol. The molecule has 0 unspecified atom stereocenters. The summed E-state index contributed by atoms with van der Waals surface area (Å²) >= 11 is 0. The molecule has 0 spiro atoms. The van der Waals surface area contributed by atoms with Gasteiger partial charge in [-0.3, -0.25) is 9.36 Å². The molecule has 2 heterocycles. The van der Waals surface area contributed by atoms with Crippen molar-refractivity contribution in [2.24, 2.45) is 14.1 Å². The molecule has 0 N–H and O–H groups in total. The van der Waals surface area contributed by atoms with E-state index in [1.165, 1.54) is 14.2 Å². The zero-order chi connectivity index (χ0) is 26.2. The summed E-state index contributed by atoms with van der Waals surface area (Å²) in [6.45, 7) is 3.69. The summed E-state index contributed by atoms with van der Waals surface area (Å²) in [6.07, 6.45) is 1.30. The van der Waals surface area contributed by atoms with Gasteiger partial charge in [-0.15, -0.1) is 0 Å². The van der Waals surface area contributed by atoms with Crippen molar-refractivity contribution in [3.63, 3.8) is 0 Å². The summed E-state index contributed by atoms with van der Waals surface area (Å²) in [5.74, 6) is -0.655. The average Bonchev–Trinajstić information content (AvgIpc) is 3.32. The summed E-state index contributed by atoms with van der Waals surface area (Å²) in [6, 6.07) is 20.0. The Balaban J connectivity index is 0.000000201. The van der Waals surface area contributed by atoms with Crippen molar-refractivity contribution in [2.75, 3.05) is 14.2 Å². The third-order valence-electron chi connectivity index (χ3n) is 5.96. The maximum absolute atomic E-state index is 11.8. The fraction of sp³-hybridized carbons (Fsp3) is 0.286. The molecule has 8 heteroatoms. The van der Waals surface area contributed by atoms with Crippen LogP contribution in [0.15, 0.2) is 60.7 Å². The van der Waals surface area contributed by atoms with E-state index < -0.39 is 0 Å². The first-order chi connectivity index (χ1) is 17.3. The van der Waals surface area contributed by atoms with Gasteiger partial charge >= 0.3 is 11.9 Å². The second-order valence-electron chi connectivity index (χ2n) is 8.37. The molecular weight excluding hydrogens is 456 g/mol. The Kier molecular flexibility index (Phi) is 8.78. The zero-order valence-corrected chi connectivity index (χ0v) is 21.6. The van der Waals surface area contributed by atoms with Crippen LogP contribution in [0, 0.1) is 13.8 Å². The van der Waals surface area contributed by atoms with Crippen LogP contribution in [0.25, 0.3) is 0 Å². The number of carbonyl (C=O) groups is 2. The molecule has 36 heavy (non-hydrogen) atoms. The maximum Gasteiger partial charge on any atom is 0.341 e. The van der Waals surface area contributed by atoms with Crippen LogP contribution in [0.1, 0.15) is 54.6 Å². The van der Waals surface area contributed by atoms with Crippen molar-refractivity contribution in [3.05, 3.63) is 106 Å². The van der Waals surface area contributed by atoms with Crippen LogP contribution in [-0.4, -0.2) is 45.7 Å². The molecule has 0 saturated carbocycles. The smallest absolute Gasteiger partial charge is 0.341 e. The largest absolute Gasteiger partial charge is 0.465 e. The van der Waals surface area contributed by atoms with Crippen molar-refractivity contribution in [3.8, 4) is 0 Å². The zero-order valence-electron chi connectivity index (χ0n) is 21.6. The number of hydrogen-bond donors (Lipinski definition) is 0. The van der Waals surface area contributed by atoms with E-state index in [-0.39, 0.29) is 11.9 Å². The third-order valence-corrected chi connectivity index (χ3v) is 5.96. The van der Waals surface area contributed by atoms with Gasteiger partial charge in [0.15, 0.2) is 0 Å². The molecule has 0 aliphatic heterocycles. The number of nitrogens with zero attached hydrogens (tertiary/aromatic N) is 4. The number of methoxy groups -OCH3 is 2. The molecule has 4 rings (SSSR count). The third kappa shape index (κ3) is 6.07. The summed E-state index contributed by atoms with van der Waals surface area (Å²) in [7, 11) is 6.45. The van der Waals surface area contributed by atoms with Gasteiger partial charge < -0.3 is 9.47 Å². The molecule has 0 amide bonds. The highest BCUT2D eigenvalue weighted by molar-refractivity contribution is 5.92. The fourth-order valence-corrected chi connectivity index (χ4v) is 4.02. The quantitative estimate of drug-likeness (QED) is 0.378. The van der Waals surface area contributed by atoms with Crippen LogP contribution in [0.5, 0.6) is 0 Å². The Hall–Kier alpha value is -4.20. The molecule has 0 saturated heterocycles. The predicted octanol–water partition coefficient (Wildman–Crippen LogP) is 4.21. The topological polar surface area (TPSA) is 88.2 Å². The second-order valence-corrected chi connectivity index (χ2v) is 8.37. The van der Waals surface area contributed by atoms with Gasteiger partial charge in [0, 0.05) is 32.6 Å². The molecule has 0 atom stereocenters. The van der Waals surface area contributed by atoms with E-state index in [0.29, 0.717) is 29.7 Å². The van der Waals surface area contributed by atoms with Gasteiger partial charge in [0.2, 0.25) is 0 Å². The lowest BCUT2D eigenvalue weighted by Crippen LogP contribution is -2.08. The van der Waals surface area contributed by atoms with E-state index in [0.717, 1.165) is 28.2 Å². The summed E-state index contributed by atoms with van der Waals surface area (Å²) in [5.41, 5.74) is 6.58. The number of ether oxygens (including phenoxy) is 2. The van der Waals surface area contributed by atoms with Gasteiger partial charge in [-0.25, -0.2) is 9.59 Å². The van der Waals surface area contributed by atoms with Gasteiger partial charge in [-0.05, 0) is 25.0 Å². The lowest BCUT2D eigenvalue weighted by atomic mass is 10.1. The van der Waals surface area contributed by atoms with Gasteiger partial charge in [0.1, 0.15) is 11.1 Å². The first kappa shape index (κ1) is 26.4. The lowest BCUT2D eigenvalue weighted by molar-refractivity contribution is 0.0589. The Morgan fingerprint density at radius 2 is 1.22 bits per heavy atom. The summed E-state index contributed by atoms with van der Waals surface area (Å²) in [4.78, 5) is 23.6. The number of aryl methyl sites for hydroxylation is 3. The number of carbonyl (C=O) groups excluding carboxylic acids is 2. The molecule has 0 aliphatic carbocycles. The number of hydrogen-bond acceptors (Lipinski definition) is 6. The molecule has 8 nitrogen and oxygen atoms in total. The van der Waals surface area contributed by atoms with E-state index in [4.69, 9.17) is 9.47 Å². The van der Waals surface area contributed by atoms with Crippen molar-refractivity contribution in [1.82, 2.24) is 19.6 Å². The fourth-order valence-electron chi connectivity index (χ4n) is 4.02. The van der Waals surface area contributed by atoms with Crippen molar-refractivity contribution >= 4 is 11.9 Å². The standard InChI is InChI=1S/2C14H16N2O2/c1-10-13(14(17)18-3)12(15-16(10)2)9-11-7-5-4-6-8-11;1-10-13(14(17)18-3)12(16(2)15-10)9-11-7-5-4-6-8-11/h2*4-8H,9H2,1-3H3. The Morgan fingerprint density at radius 3 is 1.75 bits per heavy atom. The molecule has 4 aromatic rings. The molecule has 0 radical (unpaired) electrons. The van der Waals surface area contributed by atoms with Gasteiger partial charge in [-0.1, -0.05) is 60.7 Å². The Morgan fingerprint density at radius 1 is 0.722 bits per heavy atom. The number of benzene rings is 2. The predicted molar refractivity (Wildman–Crippen MR) is 137 cm³/mol. The first-order valence-corrected chi connectivity index (χ1v) is 11.6. The van der Waals surface area contributed by atoms with E-state index in [1.54, 1.807) is 9.36 Å². The Labute approximate surface area is 211 Å². The summed E-state index contributed by atoms with van der Waals surface area (Å²) < 4.78 is 13.1. The van der Waals surface area contributed by atoms with E-state index in [9.17, 15) is 9.59 Å². The number of esters is 2. The van der Waals surface area contributed by atoms with E-state index >= 15 is 0 Å². The minimum absolute atomic E-state index is 0.327. The second kappa shape index (κ2) is 12.0. The van der Waals surface area contributed by atoms with Crippen LogP contribution in [0.3, 0.4) is 0 Å². The Bertz CT molecular complexity index is 1310. The lowest BCUT2D eigenvalue weighted by Gasteiger charge is -2.05. The van der Waals surface area contributed by atoms with Gasteiger partial charge in [0.25, 0.3) is 0 Å². The minimum Gasteiger partial charge on any atom is -0.465 e. The monoisotopic (exact) mass is 488 g/mol. The number of aromatic nitrogens is 4. The van der Waals surface area contributed by atoms with Crippen LogP contribution >= 0.6 is 0 Å². The molecule has 2 aromatic carbocycles. The highest BCUT2D eigenvalue weighted by Crippen LogP contribution is 2.19. The van der Waals surface area contributed by atoms with Crippen LogP contribution in [-0.2, 0) is 36.4 Å². The molecule has 0 aliphatic rings. The van der Waals surface area contributed by atoms with Crippen LogP contribution < -0.4 is 0 Å². The molecule has 2 aromatic heterocycles. The van der Waals surface area contributed by atoms with Crippen LogP contribution in [0.2, 0.25) is 0 Å². The van der Waals surface area contributed by atoms with Gasteiger partial charge in [-0.2, -0.15) is 10.2 Å². The first-order valence-electron chi connectivity index (χ1n) is 11.6. The summed E-state index contributed by atoms with van der Waals surface area (Å²) in [5, 5.41) is 8.68. The highest BCUT2D eigenvalue weighted by Gasteiger charge is 2.21. The molecular formula is C28H32N4O4. The molecule has 0 bridgehead atoms. The minimum atomic E-state index is -0.327. The SMILES string of the molecule is COC(=O)c1c(C)nn(C)c1Cc1ccccc1.COC(=O)c1c(Cc2ccccc2)nn(C)c1C. The van der Waals surface area contributed by atoms with Crippen molar-refractivity contribution in [2.45, 2.75) is 26.7 Å². The molecule has 188 valence electrons. The van der Waals surface area contributed by atoms with Gasteiger partial charge in [0.05, 0.1) is 31.3 Å². The van der Waals surface area contributed by atoms with Crippen molar-refractivity contribution < 1.29 is 19.1 Å². The highest BCUT2D eigenvalue weighted by atomic mass is 16.5. The normalized spacial score (nSPS) is 10.4. The van der Waals surface area contributed by atoms with E-state index in [1.807, 2.05) is 88.6 Å². The van der Waals surface area contributed by atoms with Crippen molar-refractivity contribution in [1.29, 1.82) is 0 Å². The van der Waals surface area contributed by atoms with Crippen LogP contribution in [0.4, 0.5) is 0 Å². The maximum atomic E-state index is 11.8.